The number of hydrogen-bond donors (Lipinski definition) is 0. The lowest BCUT2D eigenvalue weighted by atomic mass is 9.99. The van der Waals surface area contributed by atoms with Crippen LogP contribution in [0.15, 0.2) is 24.3 Å². The molecular formula is C19H25NO4. The lowest BCUT2D eigenvalue weighted by molar-refractivity contribution is -0.149. The molecule has 3 atom stereocenters. The monoisotopic (exact) mass is 331 g/mol. The summed E-state index contributed by atoms with van der Waals surface area (Å²) < 4.78 is 11.2. The molecular weight excluding hydrogens is 306 g/mol. The quantitative estimate of drug-likeness (QED) is 0.594. The molecule has 2 heterocycles. The van der Waals surface area contributed by atoms with Crippen LogP contribution in [0.1, 0.15) is 51.1 Å². The average molecular weight is 331 g/mol. The molecule has 24 heavy (non-hydrogen) atoms. The number of para-hydroxylation sites is 1. The van der Waals surface area contributed by atoms with Gasteiger partial charge in [0.15, 0.2) is 0 Å². The second kappa shape index (κ2) is 7.24. The van der Waals surface area contributed by atoms with Gasteiger partial charge in [-0.05, 0) is 19.4 Å². The molecule has 1 aromatic carbocycles. The predicted molar refractivity (Wildman–Crippen MR) is 89.6 cm³/mol. The number of hydrogen-bond acceptors (Lipinski definition) is 4. The van der Waals surface area contributed by atoms with Gasteiger partial charge in [-0.2, -0.15) is 0 Å². The van der Waals surface area contributed by atoms with Crippen molar-refractivity contribution in [2.75, 3.05) is 13.2 Å². The number of nitrogens with zero attached hydrogens (tertiary/aromatic N) is 1. The maximum atomic E-state index is 12.7. The van der Waals surface area contributed by atoms with Crippen molar-refractivity contribution in [1.29, 1.82) is 0 Å². The van der Waals surface area contributed by atoms with Crippen LogP contribution in [-0.2, 0) is 14.3 Å². The van der Waals surface area contributed by atoms with Crippen LogP contribution in [0.4, 0.5) is 0 Å². The zero-order valence-corrected chi connectivity index (χ0v) is 14.4. The fourth-order valence-electron chi connectivity index (χ4n) is 3.68. The first-order valence-electron chi connectivity index (χ1n) is 8.89. The summed E-state index contributed by atoms with van der Waals surface area (Å²) in [6, 6.07) is 7.56. The molecule has 0 bridgehead atoms. The van der Waals surface area contributed by atoms with Gasteiger partial charge >= 0.3 is 5.97 Å². The van der Waals surface area contributed by atoms with Crippen molar-refractivity contribution in [2.45, 2.75) is 51.7 Å². The van der Waals surface area contributed by atoms with Crippen molar-refractivity contribution in [2.24, 2.45) is 5.92 Å². The number of esters is 1. The van der Waals surface area contributed by atoms with E-state index in [1.54, 1.807) is 6.92 Å². The van der Waals surface area contributed by atoms with Gasteiger partial charge in [-0.1, -0.05) is 38.0 Å². The van der Waals surface area contributed by atoms with Gasteiger partial charge in [0.2, 0.25) is 5.91 Å². The van der Waals surface area contributed by atoms with Crippen LogP contribution < -0.4 is 4.74 Å². The Morgan fingerprint density at radius 2 is 2.04 bits per heavy atom. The van der Waals surface area contributed by atoms with E-state index in [9.17, 15) is 9.59 Å². The van der Waals surface area contributed by atoms with Crippen molar-refractivity contribution < 1.29 is 19.1 Å². The van der Waals surface area contributed by atoms with E-state index in [2.05, 4.69) is 6.92 Å². The van der Waals surface area contributed by atoms with Gasteiger partial charge in [0.25, 0.3) is 0 Å². The molecule has 1 fully saturated rings. The molecule has 0 saturated carbocycles. The lowest BCUT2D eigenvalue weighted by Gasteiger charge is -2.23. The van der Waals surface area contributed by atoms with E-state index >= 15 is 0 Å². The molecule has 0 aliphatic carbocycles. The number of unbranched alkanes of at least 4 members (excludes halogenated alkanes) is 2. The largest absolute Gasteiger partial charge is 0.487 e. The predicted octanol–water partition coefficient (Wildman–Crippen LogP) is 3.09. The Morgan fingerprint density at radius 1 is 1.25 bits per heavy atom. The molecule has 1 aromatic rings. The Labute approximate surface area is 142 Å². The van der Waals surface area contributed by atoms with Crippen LogP contribution in [0.25, 0.3) is 0 Å². The van der Waals surface area contributed by atoms with Crippen molar-refractivity contribution in [3.05, 3.63) is 29.8 Å². The zero-order chi connectivity index (χ0) is 17.1. The molecule has 0 aromatic heterocycles. The van der Waals surface area contributed by atoms with Gasteiger partial charge in [0.1, 0.15) is 17.8 Å². The highest BCUT2D eigenvalue weighted by Crippen LogP contribution is 2.47. The van der Waals surface area contributed by atoms with Crippen LogP contribution in [0.3, 0.4) is 0 Å². The first-order valence-corrected chi connectivity index (χ1v) is 8.89. The number of fused-ring (bicyclic) bond motifs is 3. The van der Waals surface area contributed by atoms with Crippen molar-refractivity contribution in [3.8, 4) is 5.75 Å². The van der Waals surface area contributed by atoms with E-state index in [0.717, 1.165) is 30.6 Å². The maximum absolute atomic E-state index is 12.7. The number of carbonyl (C=O) groups is 2. The van der Waals surface area contributed by atoms with Gasteiger partial charge in [0.05, 0.1) is 12.6 Å². The molecule has 1 amide bonds. The van der Waals surface area contributed by atoms with Crippen LogP contribution >= 0.6 is 0 Å². The Bertz CT molecular complexity index is 615. The molecule has 2 aliphatic heterocycles. The van der Waals surface area contributed by atoms with Crippen molar-refractivity contribution in [1.82, 2.24) is 4.90 Å². The molecule has 0 unspecified atom stereocenters. The molecule has 1 saturated heterocycles. The molecule has 3 rings (SSSR count). The smallest absolute Gasteiger partial charge is 0.314 e. The molecule has 0 N–H and O–H groups in total. The number of amides is 1. The van der Waals surface area contributed by atoms with Gasteiger partial charge < -0.3 is 14.4 Å². The summed E-state index contributed by atoms with van der Waals surface area (Å²) in [5.74, 6) is 0.181. The second-order valence-corrected chi connectivity index (χ2v) is 6.43. The fourth-order valence-corrected chi connectivity index (χ4v) is 3.68. The standard InChI is InChI=1S/C19H25NO4/c1-3-5-6-11-16(21)20-12-14(19(22)23-4-2)18-17(20)13-9-7-8-10-15(13)24-18/h7-10,14,17-18H,3-6,11-12H2,1-2H3/t14-,17+,18+/m1/s1. The van der Waals surface area contributed by atoms with Crippen molar-refractivity contribution in [3.63, 3.8) is 0 Å². The number of likely N-dealkylation sites (tertiary alicyclic amines) is 1. The van der Waals surface area contributed by atoms with E-state index in [1.165, 1.54) is 0 Å². The highest BCUT2D eigenvalue weighted by atomic mass is 16.5. The number of ether oxygens (including phenoxy) is 2. The summed E-state index contributed by atoms with van der Waals surface area (Å²) in [4.78, 5) is 26.9. The van der Waals surface area contributed by atoms with E-state index in [4.69, 9.17) is 9.47 Å². The van der Waals surface area contributed by atoms with Crippen LogP contribution in [0.5, 0.6) is 5.75 Å². The summed E-state index contributed by atoms with van der Waals surface area (Å²) in [5.41, 5.74) is 0.998. The summed E-state index contributed by atoms with van der Waals surface area (Å²) in [5, 5.41) is 0. The first-order chi connectivity index (χ1) is 11.7. The van der Waals surface area contributed by atoms with Crippen LogP contribution in [0.2, 0.25) is 0 Å². The van der Waals surface area contributed by atoms with Crippen molar-refractivity contribution >= 4 is 11.9 Å². The molecule has 0 radical (unpaired) electrons. The number of carbonyl (C=O) groups excluding carboxylic acids is 2. The molecule has 0 spiro atoms. The molecule has 130 valence electrons. The number of rotatable bonds is 6. The fraction of sp³-hybridized carbons (Fsp3) is 0.579. The third-order valence-corrected chi connectivity index (χ3v) is 4.84. The minimum absolute atomic E-state index is 0.102. The molecule has 2 aliphatic rings. The highest BCUT2D eigenvalue weighted by molar-refractivity contribution is 5.81. The summed E-state index contributed by atoms with van der Waals surface area (Å²) in [6.07, 6.45) is 3.19. The average Bonchev–Trinajstić information content (AvgIpc) is 3.12. The van der Waals surface area contributed by atoms with E-state index in [-0.39, 0.29) is 24.0 Å². The normalized spacial score (nSPS) is 24.2. The topological polar surface area (TPSA) is 55.8 Å². The highest BCUT2D eigenvalue weighted by Gasteiger charge is 2.53. The Kier molecular flexibility index (Phi) is 5.07. The van der Waals surface area contributed by atoms with Gasteiger partial charge in [0, 0.05) is 18.5 Å². The summed E-state index contributed by atoms with van der Waals surface area (Å²) in [7, 11) is 0. The van der Waals surface area contributed by atoms with Crippen LogP contribution in [-0.4, -0.2) is 36.0 Å². The van der Waals surface area contributed by atoms with Gasteiger partial charge in [-0.3, -0.25) is 9.59 Å². The minimum atomic E-state index is -0.419. The minimum Gasteiger partial charge on any atom is -0.487 e. The summed E-state index contributed by atoms with van der Waals surface area (Å²) in [6.45, 7) is 4.63. The Hall–Kier alpha value is -2.04. The van der Waals surface area contributed by atoms with Crippen LogP contribution in [0, 0.1) is 5.92 Å². The van der Waals surface area contributed by atoms with Gasteiger partial charge in [-0.25, -0.2) is 0 Å². The summed E-state index contributed by atoms with van der Waals surface area (Å²) >= 11 is 0. The molecule has 5 heteroatoms. The maximum Gasteiger partial charge on any atom is 0.314 e. The Morgan fingerprint density at radius 3 is 2.79 bits per heavy atom. The Balaban J connectivity index is 1.83. The molecule has 5 nitrogen and oxygen atoms in total. The SMILES string of the molecule is CCCCCC(=O)N1C[C@@H](C(=O)OCC)[C@@H]2Oc3ccccc3[C@@H]21. The van der Waals surface area contributed by atoms with E-state index in [1.807, 2.05) is 29.2 Å². The third kappa shape index (κ3) is 2.99. The van der Waals surface area contributed by atoms with E-state index in [0.29, 0.717) is 19.6 Å². The third-order valence-electron chi connectivity index (χ3n) is 4.84. The zero-order valence-electron chi connectivity index (χ0n) is 14.4. The number of benzene rings is 1. The van der Waals surface area contributed by atoms with Gasteiger partial charge in [-0.15, -0.1) is 0 Å². The lowest BCUT2D eigenvalue weighted by Crippen LogP contribution is -2.32. The first kappa shape index (κ1) is 16.8. The van der Waals surface area contributed by atoms with E-state index < -0.39 is 5.92 Å². The second-order valence-electron chi connectivity index (χ2n) is 6.43.